The SMILES string of the molecule is CCCCCC/C=C\C=C/CCCCCCCC(=O)O[C@H](COC(=O)CCCCCCCCC)COP(=O)(O)OC[C@H](O)COP(=O)(O)OC[C@@H](COC(=O)CCCCCCCCCCCCCCCC(C)C)OC(=O)CCCCCCCCCCCCCCCCCCCCC. The van der Waals surface area contributed by atoms with Gasteiger partial charge in [-0.3, -0.25) is 37.3 Å². The fourth-order valence-corrected chi connectivity index (χ4v) is 13.1. The van der Waals surface area contributed by atoms with Crippen LogP contribution >= 0.6 is 15.6 Å². The summed E-state index contributed by atoms with van der Waals surface area (Å²) in [5.41, 5.74) is 0. The number of hydrogen-bond acceptors (Lipinski definition) is 15. The zero-order chi connectivity index (χ0) is 71.2. The summed E-state index contributed by atoms with van der Waals surface area (Å²) in [5.74, 6) is -1.36. The van der Waals surface area contributed by atoms with Gasteiger partial charge in [-0.2, -0.15) is 0 Å². The van der Waals surface area contributed by atoms with Gasteiger partial charge in [-0.1, -0.05) is 335 Å². The molecule has 0 radical (unpaired) electrons. The lowest BCUT2D eigenvalue weighted by Gasteiger charge is -2.21. The van der Waals surface area contributed by atoms with Gasteiger partial charge in [-0.25, -0.2) is 9.13 Å². The van der Waals surface area contributed by atoms with Gasteiger partial charge in [0.25, 0.3) is 0 Å². The lowest BCUT2D eigenvalue weighted by molar-refractivity contribution is -0.161. The number of carbonyl (C=O) groups is 4. The third-order valence-electron chi connectivity index (χ3n) is 17.7. The van der Waals surface area contributed by atoms with Crippen LogP contribution in [-0.4, -0.2) is 96.7 Å². The van der Waals surface area contributed by atoms with E-state index in [1.54, 1.807) is 0 Å². The van der Waals surface area contributed by atoms with Crippen LogP contribution in [0.25, 0.3) is 0 Å². The molecule has 19 heteroatoms. The van der Waals surface area contributed by atoms with Gasteiger partial charge in [-0.05, 0) is 57.3 Å². The molecule has 2 unspecified atom stereocenters. The van der Waals surface area contributed by atoms with Crippen molar-refractivity contribution in [3.8, 4) is 0 Å². The quantitative estimate of drug-likeness (QED) is 0.0169. The van der Waals surface area contributed by atoms with Crippen LogP contribution in [0, 0.1) is 5.92 Å². The molecule has 0 amide bonds. The summed E-state index contributed by atoms with van der Waals surface area (Å²) in [4.78, 5) is 72.7. The molecule has 97 heavy (non-hydrogen) atoms. The minimum Gasteiger partial charge on any atom is -0.462 e. The second-order valence-electron chi connectivity index (χ2n) is 27.9. The van der Waals surface area contributed by atoms with E-state index in [1.807, 2.05) is 0 Å². The molecule has 0 saturated heterocycles. The van der Waals surface area contributed by atoms with Crippen LogP contribution in [0.15, 0.2) is 24.3 Å². The monoisotopic (exact) mass is 1420 g/mol. The smallest absolute Gasteiger partial charge is 0.462 e. The molecule has 3 N–H and O–H groups in total. The fraction of sp³-hybridized carbons (Fsp3) is 0.897. The summed E-state index contributed by atoms with van der Waals surface area (Å²) in [6.07, 6.45) is 63.4. The van der Waals surface area contributed by atoms with Gasteiger partial charge >= 0.3 is 39.5 Å². The number of allylic oxidation sites excluding steroid dienone is 4. The first kappa shape index (κ1) is 94.5. The summed E-state index contributed by atoms with van der Waals surface area (Å²) in [5, 5.41) is 10.6. The van der Waals surface area contributed by atoms with E-state index in [-0.39, 0.29) is 25.7 Å². The molecule has 0 aliphatic carbocycles. The Hall–Kier alpha value is -2.46. The number of aliphatic hydroxyl groups is 1. The van der Waals surface area contributed by atoms with E-state index in [0.29, 0.717) is 25.7 Å². The summed E-state index contributed by atoms with van der Waals surface area (Å²) in [6.45, 7) is 7.22. The van der Waals surface area contributed by atoms with Gasteiger partial charge in [-0.15, -0.1) is 0 Å². The van der Waals surface area contributed by atoms with Crippen LogP contribution in [0.2, 0.25) is 0 Å². The molecule has 0 aromatic rings. The zero-order valence-corrected chi connectivity index (χ0v) is 64.5. The Balaban J connectivity index is 5.22. The van der Waals surface area contributed by atoms with Crippen molar-refractivity contribution >= 4 is 39.5 Å². The van der Waals surface area contributed by atoms with Crippen LogP contribution in [0.3, 0.4) is 0 Å². The van der Waals surface area contributed by atoms with Crippen molar-refractivity contribution in [2.75, 3.05) is 39.6 Å². The van der Waals surface area contributed by atoms with Crippen LogP contribution in [-0.2, 0) is 65.4 Å². The van der Waals surface area contributed by atoms with E-state index >= 15 is 0 Å². The molecule has 0 aromatic carbocycles. The maximum absolute atomic E-state index is 13.1. The molecule has 0 heterocycles. The Morgan fingerprint density at radius 2 is 0.557 bits per heavy atom. The highest BCUT2D eigenvalue weighted by atomic mass is 31.2. The van der Waals surface area contributed by atoms with E-state index in [1.165, 1.54) is 186 Å². The van der Waals surface area contributed by atoms with Gasteiger partial charge in [0.2, 0.25) is 0 Å². The van der Waals surface area contributed by atoms with Gasteiger partial charge < -0.3 is 33.8 Å². The molecule has 0 aliphatic heterocycles. The number of aliphatic hydroxyl groups excluding tert-OH is 1. The predicted octanol–water partition coefficient (Wildman–Crippen LogP) is 22.8. The molecule has 0 rings (SSSR count). The molecule has 0 fully saturated rings. The first-order chi connectivity index (χ1) is 47.0. The zero-order valence-electron chi connectivity index (χ0n) is 62.7. The van der Waals surface area contributed by atoms with Crippen molar-refractivity contribution in [1.82, 2.24) is 0 Å². The van der Waals surface area contributed by atoms with Gasteiger partial charge in [0.15, 0.2) is 12.2 Å². The van der Waals surface area contributed by atoms with E-state index in [0.717, 1.165) is 121 Å². The second kappa shape index (κ2) is 70.6. The highest BCUT2D eigenvalue weighted by Gasteiger charge is 2.30. The Morgan fingerprint density at radius 3 is 0.845 bits per heavy atom. The number of unbranched alkanes of at least 4 members (excludes halogenated alkanes) is 45. The number of rotatable bonds is 76. The average molecular weight is 1420 g/mol. The third kappa shape index (κ3) is 71.7. The van der Waals surface area contributed by atoms with Gasteiger partial charge in [0.05, 0.1) is 26.4 Å². The highest BCUT2D eigenvalue weighted by Crippen LogP contribution is 2.45. The maximum atomic E-state index is 13.1. The van der Waals surface area contributed by atoms with Gasteiger partial charge in [0, 0.05) is 25.7 Å². The highest BCUT2D eigenvalue weighted by molar-refractivity contribution is 7.47. The van der Waals surface area contributed by atoms with Crippen molar-refractivity contribution in [3.63, 3.8) is 0 Å². The largest absolute Gasteiger partial charge is 0.472 e. The summed E-state index contributed by atoms with van der Waals surface area (Å²) >= 11 is 0. The molecule has 0 spiro atoms. The second-order valence-corrected chi connectivity index (χ2v) is 30.8. The lowest BCUT2D eigenvalue weighted by Crippen LogP contribution is -2.30. The van der Waals surface area contributed by atoms with Crippen LogP contribution in [0.4, 0.5) is 0 Å². The molecular formula is C78H148O17P2. The van der Waals surface area contributed by atoms with E-state index in [9.17, 15) is 43.2 Å². The molecule has 0 aromatic heterocycles. The minimum atomic E-state index is -4.96. The maximum Gasteiger partial charge on any atom is 0.472 e. The van der Waals surface area contributed by atoms with Gasteiger partial charge in [0.1, 0.15) is 19.3 Å². The average Bonchev–Trinajstić information content (AvgIpc) is 1.23. The number of phosphoric acid groups is 2. The van der Waals surface area contributed by atoms with Crippen molar-refractivity contribution in [2.45, 2.75) is 406 Å². The minimum absolute atomic E-state index is 0.0849. The molecule has 0 saturated carbocycles. The standard InChI is InChI=1S/C78H148O17P2/c1-6-9-12-15-18-20-22-24-26-27-28-29-31-35-40-44-49-54-59-64-78(83)95-74(68-89-76(81)62-57-52-47-42-38-36-32-33-37-41-46-50-55-60-71(4)5)70-93-97(86,87)91-66-72(79)65-90-96(84,85)92-69-73(67-88-75(80)61-56-51-45-17-14-11-8-3)94-77(82)63-58-53-48-43-39-34-30-25-23-21-19-16-13-10-7-2/h21,23,25,30,71-74,79H,6-20,22,24,26-29,31-70H2,1-5H3,(H,84,85)(H,86,87)/b23-21-,30-25-/t72-,73+,74+/m0/s1. The molecular weight excluding hydrogens is 1270 g/mol. The van der Waals surface area contributed by atoms with E-state index in [4.69, 9.17) is 37.0 Å². The summed E-state index contributed by atoms with van der Waals surface area (Å²) in [6, 6.07) is 0. The summed E-state index contributed by atoms with van der Waals surface area (Å²) < 4.78 is 68.4. The van der Waals surface area contributed by atoms with Crippen molar-refractivity contribution in [2.24, 2.45) is 5.92 Å². The number of esters is 4. The molecule has 17 nitrogen and oxygen atoms in total. The number of phosphoric ester groups is 2. The molecule has 0 bridgehead atoms. The topological polar surface area (TPSA) is 237 Å². The number of hydrogen-bond donors (Lipinski definition) is 3. The van der Waals surface area contributed by atoms with Crippen LogP contribution < -0.4 is 0 Å². The predicted molar refractivity (Wildman–Crippen MR) is 395 cm³/mol. The normalized spacial score (nSPS) is 14.1. The van der Waals surface area contributed by atoms with E-state index < -0.39 is 97.5 Å². The molecule has 0 aliphatic rings. The van der Waals surface area contributed by atoms with Crippen molar-refractivity contribution < 1.29 is 80.2 Å². The number of ether oxygens (including phenoxy) is 4. The number of carbonyl (C=O) groups excluding carboxylic acids is 4. The fourth-order valence-electron chi connectivity index (χ4n) is 11.5. The first-order valence-electron chi connectivity index (χ1n) is 40.0. The lowest BCUT2D eigenvalue weighted by atomic mass is 10.0. The van der Waals surface area contributed by atoms with Crippen molar-refractivity contribution in [3.05, 3.63) is 24.3 Å². The Kier molecular flexibility index (Phi) is 68.8. The Morgan fingerprint density at radius 1 is 0.320 bits per heavy atom. The van der Waals surface area contributed by atoms with E-state index in [2.05, 4.69) is 58.9 Å². The van der Waals surface area contributed by atoms with Crippen molar-refractivity contribution in [1.29, 1.82) is 0 Å². The third-order valence-corrected chi connectivity index (χ3v) is 19.6. The summed E-state index contributed by atoms with van der Waals surface area (Å²) in [7, 11) is -9.92. The first-order valence-corrected chi connectivity index (χ1v) is 42.9. The Labute approximate surface area is 592 Å². The van der Waals surface area contributed by atoms with Crippen LogP contribution in [0.5, 0.6) is 0 Å². The molecule has 5 atom stereocenters. The molecule has 572 valence electrons. The van der Waals surface area contributed by atoms with Crippen LogP contribution in [0.1, 0.15) is 388 Å². The Bertz CT molecular complexity index is 1950.